The second-order valence-electron chi connectivity index (χ2n) is 5.77. The Kier molecular flexibility index (Phi) is 5.23. The van der Waals surface area contributed by atoms with E-state index in [-0.39, 0.29) is 18.1 Å². The maximum Gasteiger partial charge on any atom is 0.332 e. The number of rotatable bonds is 5. The molecule has 2 aromatic carbocycles. The molecule has 3 aromatic rings. The lowest BCUT2D eigenvalue weighted by Crippen LogP contribution is -2.41. The van der Waals surface area contributed by atoms with Crippen LogP contribution in [0.25, 0.3) is 10.9 Å². The van der Waals surface area contributed by atoms with Crippen LogP contribution in [0.3, 0.4) is 0 Å². The Bertz CT molecular complexity index is 1170. The minimum Gasteiger partial charge on any atom is -0.324 e. The molecule has 27 heavy (non-hydrogen) atoms. The van der Waals surface area contributed by atoms with Crippen molar-refractivity contribution in [2.75, 3.05) is 5.32 Å². The Labute approximate surface area is 158 Å². The normalized spacial score (nSPS) is 10.7. The fraction of sp³-hybridized carbons (Fsp3) is 0.105. The van der Waals surface area contributed by atoms with Gasteiger partial charge in [-0.15, -0.1) is 6.58 Å². The number of aromatic nitrogens is 2. The number of para-hydroxylation sites is 1. The van der Waals surface area contributed by atoms with Crippen LogP contribution in [-0.2, 0) is 17.9 Å². The first-order valence-electron chi connectivity index (χ1n) is 8.00. The lowest BCUT2D eigenvalue weighted by Gasteiger charge is -2.13. The van der Waals surface area contributed by atoms with Crippen molar-refractivity contribution in [1.82, 2.24) is 9.13 Å². The third-order valence-electron chi connectivity index (χ3n) is 3.95. The second-order valence-corrected chi connectivity index (χ2v) is 6.17. The van der Waals surface area contributed by atoms with Crippen molar-refractivity contribution in [2.24, 2.45) is 0 Å². The van der Waals surface area contributed by atoms with Crippen molar-refractivity contribution in [2.45, 2.75) is 13.1 Å². The minimum absolute atomic E-state index is 0.0255. The van der Waals surface area contributed by atoms with E-state index in [9.17, 15) is 18.8 Å². The summed E-state index contributed by atoms with van der Waals surface area (Å²) in [6.07, 6.45) is 1.43. The molecule has 0 unspecified atom stereocenters. The number of anilines is 1. The Morgan fingerprint density at radius 3 is 2.63 bits per heavy atom. The van der Waals surface area contributed by atoms with Crippen molar-refractivity contribution in [3.05, 3.63) is 86.8 Å². The summed E-state index contributed by atoms with van der Waals surface area (Å²) in [7, 11) is 0. The number of fused-ring (bicyclic) bond motifs is 1. The molecule has 0 aliphatic carbocycles. The van der Waals surface area contributed by atoms with E-state index in [0.717, 1.165) is 10.6 Å². The van der Waals surface area contributed by atoms with Gasteiger partial charge in [0.15, 0.2) is 0 Å². The summed E-state index contributed by atoms with van der Waals surface area (Å²) in [6.45, 7) is 3.25. The van der Waals surface area contributed by atoms with Crippen molar-refractivity contribution in [3.63, 3.8) is 0 Å². The predicted molar refractivity (Wildman–Crippen MR) is 103 cm³/mol. The molecule has 0 spiro atoms. The molecule has 1 amide bonds. The molecule has 6 nitrogen and oxygen atoms in total. The van der Waals surface area contributed by atoms with Gasteiger partial charge in [-0.1, -0.05) is 29.8 Å². The molecule has 3 rings (SSSR count). The summed E-state index contributed by atoms with van der Waals surface area (Å²) in [6, 6.07) is 10.3. The first-order valence-corrected chi connectivity index (χ1v) is 8.38. The summed E-state index contributed by atoms with van der Waals surface area (Å²) < 4.78 is 15.5. The number of hydrogen-bond donors (Lipinski definition) is 1. The molecular formula is C19H15ClFN3O3. The molecule has 0 saturated carbocycles. The number of benzene rings is 2. The van der Waals surface area contributed by atoms with Crippen molar-refractivity contribution < 1.29 is 9.18 Å². The van der Waals surface area contributed by atoms with E-state index >= 15 is 0 Å². The van der Waals surface area contributed by atoms with Crippen molar-refractivity contribution >= 4 is 34.1 Å². The number of nitrogens with one attached hydrogen (secondary N) is 1. The summed E-state index contributed by atoms with van der Waals surface area (Å²) in [5.74, 6) is -1.12. The van der Waals surface area contributed by atoms with Crippen LogP contribution in [0, 0.1) is 5.82 Å². The largest absolute Gasteiger partial charge is 0.332 e. The van der Waals surface area contributed by atoms with E-state index in [1.807, 2.05) is 0 Å². The molecule has 1 aromatic heterocycles. The number of carbonyl (C=O) groups excluding carboxylic acids is 1. The van der Waals surface area contributed by atoms with Gasteiger partial charge >= 0.3 is 5.69 Å². The fourth-order valence-corrected chi connectivity index (χ4v) is 2.91. The van der Waals surface area contributed by atoms with Gasteiger partial charge < -0.3 is 5.32 Å². The highest BCUT2D eigenvalue weighted by Crippen LogP contribution is 2.19. The maximum atomic E-state index is 13.2. The Balaban J connectivity index is 2.02. The number of hydrogen-bond acceptors (Lipinski definition) is 3. The topological polar surface area (TPSA) is 73.1 Å². The molecule has 138 valence electrons. The van der Waals surface area contributed by atoms with E-state index in [1.165, 1.54) is 22.8 Å². The first kappa shape index (κ1) is 18.6. The highest BCUT2D eigenvalue weighted by atomic mass is 35.5. The molecule has 1 N–H and O–H groups in total. The third kappa shape index (κ3) is 3.68. The molecule has 0 radical (unpaired) electrons. The standard InChI is InChI=1S/C19H15ClFN3O3/c1-2-9-23-18(26)13-5-3-4-6-16(13)24(19(23)27)11-17(25)22-12-7-8-15(21)14(20)10-12/h2-8,10H,1,9,11H2,(H,22,25). The van der Waals surface area contributed by atoms with Crippen LogP contribution >= 0.6 is 11.6 Å². The predicted octanol–water partition coefficient (Wildman–Crippen LogP) is 2.78. The van der Waals surface area contributed by atoms with E-state index in [2.05, 4.69) is 11.9 Å². The molecule has 1 heterocycles. The van der Waals surface area contributed by atoms with E-state index in [0.29, 0.717) is 16.6 Å². The number of halogens is 2. The van der Waals surface area contributed by atoms with Crippen LogP contribution in [0.5, 0.6) is 0 Å². The van der Waals surface area contributed by atoms with Crippen molar-refractivity contribution in [1.29, 1.82) is 0 Å². The van der Waals surface area contributed by atoms with Gasteiger partial charge in [-0.2, -0.15) is 0 Å². The highest BCUT2D eigenvalue weighted by molar-refractivity contribution is 6.31. The molecule has 0 fully saturated rings. The molecule has 0 aliphatic heterocycles. The Morgan fingerprint density at radius 2 is 1.93 bits per heavy atom. The zero-order chi connectivity index (χ0) is 19.6. The zero-order valence-electron chi connectivity index (χ0n) is 14.1. The van der Waals surface area contributed by atoms with Crippen molar-refractivity contribution in [3.8, 4) is 0 Å². The van der Waals surface area contributed by atoms with Crippen LogP contribution in [-0.4, -0.2) is 15.0 Å². The minimum atomic E-state index is -0.620. The van der Waals surface area contributed by atoms with Gasteiger partial charge in [0.25, 0.3) is 5.56 Å². The summed E-state index contributed by atoms with van der Waals surface area (Å²) in [5.41, 5.74) is -0.424. The van der Waals surface area contributed by atoms with Crippen LogP contribution in [0.4, 0.5) is 10.1 Å². The van der Waals surface area contributed by atoms with Gasteiger partial charge in [-0.25, -0.2) is 9.18 Å². The zero-order valence-corrected chi connectivity index (χ0v) is 14.9. The molecular weight excluding hydrogens is 373 g/mol. The lowest BCUT2D eigenvalue weighted by atomic mass is 10.2. The Hall–Kier alpha value is -3.19. The smallest absolute Gasteiger partial charge is 0.324 e. The monoisotopic (exact) mass is 387 g/mol. The van der Waals surface area contributed by atoms with Gasteiger partial charge in [0, 0.05) is 12.2 Å². The summed E-state index contributed by atoms with van der Waals surface area (Å²) in [4.78, 5) is 37.6. The molecule has 0 atom stereocenters. The van der Waals surface area contributed by atoms with E-state index < -0.39 is 23.0 Å². The molecule has 0 bridgehead atoms. The molecule has 8 heteroatoms. The number of amides is 1. The van der Waals surface area contributed by atoms with Gasteiger partial charge in [-0.3, -0.25) is 18.7 Å². The second kappa shape index (κ2) is 7.59. The SMILES string of the molecule is C=CCn1c(=O)c2ccccc2n(CC(=O)Nc2ccc(F)c(Cl)c2)c1=O. The highest BCUT2D eigenvalue weighted by Gasteiger charge is 2.15. The van der Waals surface area contributed by atoms with Crippen LogP contribution in [0.2, 0.25) is 5.02 Å². The average molecular weight is 388 g/mol. The van der Waals surface area contributed by atoms with E-state index in [4.69, 9.17) is 11.6 Å². The number of allylic oxidation sites excluding steroid dienone is 1. The maximum absolute atomic E-state index is 13.2. The van der Waals surface area contributed by atoms with Crippen LogP contribution < -0.4 is 16.6 Å². The fourth-order valence-electron chi connectivity index (χ4n) is 2.73. The first-order chi connectivity index (χ1) is 12.9. The average Bonchev–Trinajstić information content (AvgIpc) is 2.65. The molecule has 0 saturated heterocycles. The quantitative estimate of drug-likeness (QED) is 0.684. The summed E-state index contributed by atoms with van der Waals surface area (Å²) in [5, 5.41) is 2.75. The lowest BCUT2D eigenvalue weighted by molar-refractivity contribution is -0.116. The third-order valence-corrected chi connectivity index (χ3v) is 4.24. The number of nitrogens with zero attached hydrogens (tertiary/aromatic N) is 2. The van der Waals surface area contributed by atoms with Gasteiger partial charge in [0.2, 0.25) is 5.91 Å². The number of carbonyl (C=O) groups is 1. The van der Waals surface area contributed by atoms with E-state index in [1.54, 1.807) is 24.3 Å². The van der Waals surface area contributed by atoms with Gasteiger partial charge in [0.1, 0.15) is 12.4 Å². The van der Waals surface area contributed by atoms with Gasteiger partial charge in [0.05, 0.1) is 15.9 Å². The van der Waals surface area contributed by atoms with Gasteiger partial charge in [-0.05, 0) is 30.3 Å². The van der Waals surface area contributed by atoms with Crippen LogP contribution in [0.1, 0.15) is 0 Å². The summed E-state index contributed by atoms with van der Waals surface area (Å²) >= 11 is 5.70. The Morgan fingerprint density at radius 1 is 1.19 bits per heavy atom. The van der Waals surface area contributed by atoms with Crippen LogP contribution in [0.15, 0.2) is 64.7 Å². The molecule has 0 aliphatic rings.